The molecule has 1 N–H and O–H groups in total. The summed E-state index contributed by atoms with van der Waals surface area (Å²) in [5.74, 6) is 0. The molecular weight excluding hydrogens is 244 g/mol. The van der Waals surface area contributed by atoms with Crippen molar-refractivity contribution in [2.75, 3.05) is 20.1 Å². The van der Waals surface area contributed by atoms with Gasteiger partial charge in [-0.25, -0.2) is 0 Å². The molecule has 0 saturated heterocycles. The molecule has 0 radical (unpaired) electrons. The maximum atomic E-state index is 3.63. The summed E-state index contributed by atoms with van der Waals surface area (Å²) in [6, 6.07) is 9.31. The molecule has 2 heteroatoms. The Kier molecular flexibility index (Phi) is 8.56. The average Bonchev–Trinajstić information content (AvgIpc) is 2.42. The number of hydrogen-bond donors (Lipinski definition) is 1. The van der Waals surface area contributed by atoms with Gasteiger partial charge in [0, 0.05) is 25.7 Å². The Bertz CT molecular complexity index is 362. The molecule has 0 fully saturated rings. The van der Waals surface area contributed by atoms with Crippen LogP contribution in [0.2, 0.25) is 0 Å². The maximum Gasteiger partial charge on any atom is 0.0233 e. The number of nitrogens with one attached hydrogen (secondary N) is 1. The van der Waals surface area contributed by atoms with Gasteiger partial charge in [0.05, 0.1) is 0 Å². The summed E-state index contributed by atoms with van der Waals surface area (Å²) < 4.78 is 0. The van der Waals surface area contributed by atoms with E-state index in [4.69, 9.17) is 0 Å². The van der Waals surface area contributed by atoms with Crippen LogP contribution in [0.1, 0.15) is 50.7 Å². The smallest absolute Gasteiger partial charge is 0.0233 e. The monoisotopic (exact) mass is 276 g/mol. The zero-order valence-corrected chi connectivity index (χ0v) is 13.8. The molecule has 1 atom stereocenters. The number of aryl methyl sites for hydroxylation is 1. The molecule has 0 aliphatic carbocycles. The Morgan fingerprint density at radius 2 is 1.95 bits per heavy atom. The van der Waals surface area contributed by atoms with Crippen molar-refractivity contribution in [2.45, 2.75) is 59.0 Å². The van der Waals surface area contributed by atoms with Crippen LogP contribution in [0, 0.1) is 6.92 Å². The Labute approximate surface area is 125 Å². The molecule has 0 aliphatic heterocycles. The number of nitrogens with zero attached hydrogens (tertiary/aromatic N) is 1. The molecule has 0 aromatic heterocycles. The summed E-state index contributed by atoms with van der Waals surface area (Å²) in [6.45, 7) is 9.98. The van der Waals surface area contributed by atoms with Gasteiger partial charge in [-0.05, 0) is 38.4 Å². The van der Waals surface area contributed by atoms with Gasteiger partial charge in [-0.3, -0.25) is 0 Å². The average molecular weight is 276 g/mol. The van der Waals surface area contributed by atoms with E-state index in [2.05, 4.69) is 62.3 Å². The van der Waals surface area contributed by atoms with Crippen LogP contribution in [0.25, 0.3) is 0 Å². The lowest BCUT2D eigenvalue weighted by Crippen LogP contribution is -2.34. The third kappa shape index (κ3) is 7.06. The second-order valence-electron chi connectivity index (χ2n) is 6.02. The minimum absolute atomic E-state index is 0.647. The van der Waals surface area contributed by atoms with Crippen LogP contribution >= 0.6 is 0 Å². The number of likely N-dealkylation sites (N-methyl/N-ethyl adjacent to an activating group) is 1. The lowest BCUT2D eigenvalue weighted by molar-refractivity contribution is 0.315. The number of unbranched alkanes of at least 4 members (excludes halogenated alkanes) is 2. The first-order chi connectivity index (χ1) is 9.63. The molecule has 1 aromatic rings. The molecule has 0 bridgehead atoms. The van der Waals surface area contributed by atoms with Crippen molar-refractivity contribution < 1.29 is 0 Å². The minimum atomic E-state index is 0.647. The Morgan fingerprint density at radius 1 is 1.20 bits per heavy atom. The number of benzene rings is 1. The van der Waals surface area contributed by atoms with Crippen LogP contribution in [-0.4, -0.2) is 31.1 Å². The third-order valence-electron chi connectivity index (χ3n) is 3.93. The van der Waals surface area contributed by atoms with E-state index in [0.29, 0.717) is 6.04 Å². The highest BCUT2D eigenvalue weighted by molar-refractivity contribution is 5.25. The van der Waals surface area contributed by atoms with Crippen molar-refractivity contribution in [3.63, 3.8) is 0 Å². The van der Waals surface area contributed by atoms with Crippen LogP contribution in [0.15, 0.2) is 24.3 Å². The largest absolute Gasteiger partial charge is 0.313 e. The summed E-state index contributed by atoms with van der Waals surface area (Å²) in [7, 11) is 2.20. The molecule has 114 valence electrons. The second kappa shape index (κ2) is 9.95. The SMILES string of the molecule is CCCCCC(C)NCCN(C)Cc1ccccc1C. The summed E-state index contributed by atoms with van der Waals surface area (Å²) in [5, 5.41) is 3.63. The lowest BCUT2D eigenvalue weighted by Gasteiger charge is -2.20. The van der Waals surface area contributed by atoms with Crippen molar-refractivity contribution in [1.29, 1.82) is 0 Å². The van der Waals surface area contributed by atoms with Gasteiger partial charge in [-0.2, -0.15) is 0 Å². The molecule has 20 heavy (non-hydrogen) atoms. The zero-order chi connectivity index (χ0) is 14.8. The fourth-order valence-corrected chi connectivity index (χ4v) is 2.46. The van der Waals surface area contributed by atoms with E-state index in [1.165, 1.54) is 36.8 Å². The van der Waals surface area contributed by atoms with Gasteiger partial charge in [0.25, 0.3) is 0 Å². The number of rotatable bonds is 10. The molecule has 0 heterocycles. The van der Waals surface area contributed by atoms with Crippen LogP contribution < -0.4 is 5.32 Å². The highest BCUT2D eigenvalue weighted by Gasteiger charge is 2.04. The van der Waals surface area contributed by atoms with Crippen molar-refractivity contribution in [1.82, 2.24) is 10.2 Å². The van der Waals surface area contributed by atoms with Gasteiger partial charge in [-0.15, -0.1) is 0 Å². The quantitative estimate of drug-likeness (QED) is 0.650. The third-order valence-corrected chi connectivity index (χ3v) is 3.93. The van der Waals surface area contributed by atoms with E-state index < -0.39 is 0 Å². The van der Waals surface area contributed by atoms with E-state index in [1.54, 1.807) is 0 Å². The van der Waals surface area contributed by atoms with Gasteiger partial charge in [0.1, 0.15) is 0 Å². The van der Waals surface area contributed by atoms with E-state index in [1.807, 2.05) is 0 Å². The van der Waals surface area contributed by atoms with E-state index in [0.717, 1.165) is 19.6 Å². The van der Waals surface area contributed by atoms with Gasteiger partial charge < -0.3 is 10.2 Å². The van der Waals surface area contributed by atoms with E-state index in [-0.39, 0.29) is 0 Å². The van der Waals surface area contributed by atoms with Gasteiger partial charge >= 0.3 is 0 Å². The molecule has 1 unspecified atom stereocenters. The molecule has 0 spiro atoms. The summed E-state index contributed by atoms with van der Waals surface area (Å²) >= 11 is 0. The molecule has 1 aromatic carbocycles. The van der Waals surface area contributed by atoms with Crippen molar-refractivity contribution in [3.8, 4) is 0 Å². The van der Waals surface area contributed by atoms with Crippen molar-refractivity contribution in [3.05, 3.63) is 35.4 Å². The highest BCUT2D eigenvalue weighted by atomic mass is 15.1. The maximum absolute atomic E-state index is 3.63. The lowest BCUT2D eigenvalue weighted by atomic mass is 10.1. The molecule has 0 aliphatic rings. The van der Waals surface area contributed by atoms with Gasteiger partial charge in [-0.1, -0.05) is 50.5 Å². The zero-order valence-electron chi connectivity index (χ0n) is 13.8. The first kappa shape index (κ1) is 17.2. The Hall–Kier alpha value is -0.860. The fourth-order valence-electron chi connectivity index (χ4n) is 2.46. The Balaban J connectivity index is 2.17. The first-order valence-electron chi connectivity index (χ1n) is 8.10. The molecule has 0 saturated carbocycles. The predicted molar refractivity (Wildman–Crippen MR) is 89.1 cm³/mol. The van der Waals surface area contributed by atoms with Gasteiger partial charge in [0.15, 0.2) is 0 Å². The molecule has 0 amide bonds. The molecule has 1 rings (SSSR count). The summed E-state index contributed by atoms with van der Waals surface area (Å²) in [5.41, 5.74) is 2.83. The second-order valence-corrected chi connectivity index (χ2v) is 6.02. The molecule has 2 nitrogen and oxygen atoms in total. The molecular formula is C18H32N2. The standard InChI is InChI=1S/C18H32N2/c1-5-6-7-11-17(3)19-13-14-20(4)15-18-12-9-8-10-16(18)2/h8-10,12,17,19H,5-7,11,13-15H2,1-4H3. The van der Waals surface area contributed by atoms with Crippen molar-refractivity contribution >= 4 is 0 Å². The van der Waals surface area contributed by atoms with E-state index >= 15 is 0 Å². The normalized spacial score (nSPS) is 12.8. The Morgan fingerprint density at radius 3 is 2.65 bits per heavy atom. The highest BCUT2D eigenvalue weighted by Crippen LogP contribution is 2.09. The van der Waals surface area contributed by atoms with E-state index in [9.17, 15) is 0 Å². The topological polar surface area (TPSA) is 15.3 Å². The van der Waals surface area contributed by atoms with Gasteiger partial charge in [0.2, 0.25) is 0 Å². The van der Waals surface area contributed by atoms with Crippen LogP contribution in [0.4, 0.5) is 0 Å². The van der Waals surface area contributed by atoms with Crippen LogP contribution in [0.5, 0.6) is 0 Å². The summed E-state index contributed by atoms with van der Waals surface area (Å²) in [4.78, 5) is 2.40. The summed E-state index contributed by atoms with van der Waals surface area (Å²) in [6.07, 6.45) is 5.32. The van der Waals surface area contributed by atoms with Crippen LogP contribution in [-0.2, 0) is 6.54 Å². The predicted octanol–water partition coefficient (Wildman–Crippen LogP) is 3.99. The first-order valence-corrected chi connectivity index (χ1v) is 8.10. The minimum Gasteiger partial charge on any atom is -0.313 e. The van der Waals surface area contributed by atoms with Crippen LogP contribution in [0.3, 0.4) is 0 Å². The fraction of sp³-hybridized carbons (Fsp3) is 0.667. The number of hydrogen-bond acceptors (Lipinski definition) is 2. The van der Waals surface area contributed by atoms with Crippen molar-refractivity contribution in [2.24, 2.45) is 0 Å².